The van der Waals surface area contributed by atoms with Gasteiger partial charge in [0.15, 0.2) is 0 Å². The van der Waals surface area contributed by atoms with E-state index in [0.717, 1.165) is 16.9 Å². The second-order valence-electron chi connectivity index (χ2n) is 4.50. The summed E-state index contributed by atoms with van der Waals surface area (Å²) in [7, 11) is 1.65. The normalized spacial score (nSPS) is 10.6. The summed E-state index contributed by atoms with van der Waals surface area (Å²) < 4.78 is 5.13. The molecule has 0 amide bonds. The second kappa shape index (κ2) is 5.93. The van der Waals surface area contributed by atoms with Gasteiger partial charge in [-0.1, -0.05) is 23.7 Å². The third kappa shape index (κ3) is 3.20. The van der Waals surface area contributed by atoms with Crippen molar-refractivity contribution in [3.8, 4) is 17.1 Å². The van der Waals surface area contributed by atoms with Crippen LogP contribution in [0.15, 0.2) is 48.5 Å². The van der Waals surface area contributed by atoms with Gasteiger partial charge in [0.25, 0.3) is 0 Å². The maximum absolute atomic E-state index is 5.86. The number of tetrazole rings is 1. The number of rotatable bonds is 4. The molecule has 3 aromatic rings. The lowest BCUT2D eigenvalue weighted by atomic mass is 10.2. The molecule has 1 aromatic heterocycles. The first kappa shape index (κ1) is 13.6. The Morgan fingerprint density at radius 2 is 1.76 bits per heavy atom. The molecule has 0 radical (unpaired) electrons. The molecule has 0 bridgehead atoms. The largest absolute Gasteiger partial charge is 0.497 e. The Labute approximate surface area is 127 Å². The lowest BCUT2D eigenvalue weighted by Crippen LogP contribution is -2.03. The molecule has 1 heterocycles. The molecule has 3 rings (SSSR count). The van der Waals surface area contributed by atoms with Crippen LogP contribution in [0.4, 0.5) is 0 Å². The lowest BCUT2D eigenvalue weighted by molar-refractivity contribution is 0.414. The average Bonchev–Trinajstić information content (AvgIpc) is 2.97. The topological polar surface area (TPSA) is 52.8 Å². The summed E-state index contributed by atoms with van der Waals surface area (Å²) in [5, 5.41) is 13.2. The van der Waals surface area contributed by atoms with Crippen LogP contribution in [-0.2, 0) is 6.54 Å². The van der Waals surface area contributed by atoms with E-state index in [0.29, 0.717) is 17.4 Å². The summed E-state index contributed by atoms with van der Waals surface area (Å²) in [5.41, 5.74) is 1.97. The SMILES string of the molecule is COc1ccc(Cn2nnc(-c3ccc(Cl)cc3)n2)cc1. The Kier molecular flexibility index (Phi) is 3.83. The molecule has 0 spiro atoms. The minimum absolute atomic E-state index is 0.560. The van der Waals surface area contributed by atoms with Gasteiger partial charge in [0.1, 0.15) is 5.75 Å². The molecule has 106 valence electrons. The van der Waals surface area contributed by atoms with Crippen molar-refractivity contribution in [3.05, 3.63) is 59.1 Å². The number of halogens is 1. The summed E-state index contributed by atoms with van der Waals surface area (Å²) >= 11 is 5.86. The Morgan fingerprint density at radius 3 is 2.43 bits per heavy atom. The zero-order valence-electron chi connectivity index (χ0n) is 11.4. The standard InChI is InChI=1S/C15H13ClN4O/c1-21-14-8-2-11(3-9-14)10-20-18-15(17-19-20)12-4-6-13(16)7-5-12/h2-9H,10H2,1H3. The molecule has 0 aliphatic carbocycles. The highest BCUT2D eigenvalue weighted by Gasteiger charge is 2.06. The molecule has 0 aliphatic rings. The number of hydrogen-bond acceptors (Lipinski definition) is 4. The quantitative estimate of drug-likeness (QED) is 0.743. The van der Waals surface area contributed by atoms with Crippen molar-refractivity contribution >= 4 is 11.6 Å². The number of benzene rings is 2. The molecular weight excluding hydrogens is 288 g/mol. The lowest BCUT2D eigenvalue weighted by Gasteiger charge is -2.02. The predicted molar refractivity (Wildman–Crippen MR) is 80.4 cm³/mol. The van der Waals surface area contributed by atoms with Crippen molar-refractivity contribution in [3.63, 3.8) is 0 Å². The van der Waals surface area contributed by atoms with Crippen molar-refractivity contribution in [1.29, 1.82) is 0 Å². The van der Waals surface area contributed by atoms with Gasteiger partial charge in [-0.15, -0.1) is 10.2 Å². The van der Waals surface area contributed by atoms with Crippen molar-refractivity contribution in [2.24, 2.45) is 0 Å². The predicted octanol–water partition coefficient (Wildman–Crippen LogP) is 3.05. The van der Waals surface area contributed by atoms with E-state index in [1.54, 1.807) is 24.0 Å². The van der Waals surface area contributed by atoms with E-state index in [2.05, 4.69) is 15.4 Å². The van der Waals surface area contributed by atoms with Gasteiger partial charge in [-0.25, -0.2) is 0 Å². The molecule has 0 fully saturated rings. The average molecular weight is 301 g/mol. The van der Waals surface area contributed by atoms with Gasteiger partial charge in [-0.2, -0.15) is 4.80 Å². The van der Waals surface area contributed by atoms with Crippen LogP contribution >= 0.6 is 11.6 Å². The summed E-state index contributed by atoms with van der Waals surface area (Å²) in [6.07, 6.45) is 0. The summed E-state index contributed by atoms with van der Waals surface area (Å²) in [5.74, 6) is 1.41. The minimum Gasteiger partial charge on any atom is -0.497 e. The molecule has 21 heavy (non-hydrogen) atoms. The van der Waals surface area contributed by atoms with Gasteiger partial charge in [-0.05, 0) is 47.2 Å². The van der Waals surface area contributed by atoms with Gasteiger partial charge >= 0.3 is 0 Å². The summed E-state index contributed by atoms with van der Waals surface area (Å²) in [6.45, 7) is 0.560. The second-order valence-corrected chi connectivity index (χ2v) is 4.93. The van der Waals surface area contributed by atoms with E-state index < -0.39 is 0 Å². The molecular formula is C15H13ClN4O. The Bertz CT molecular complexity index is 722. The number of aromatic nitrogens is 4. The molecule has 6 heteroatoms. The number of methoxy groups -OCH3 is 1. The van der Waals surface area contributed by atoms with Gasteiger partial charge < -0.3 is 4.74 Å². The molecule has 0 saturated carbocycles. The van der Waals surface area contributed by atoms with Crippen molar-refractivity contribution in [2.45, 2.75) is 6.54 Å². The van der Waals surface area contributed by atoms with E-state index in [1.807, 2.05) is 36.4 Å². The highest BCUT2D eigenvalue weighted by Crippen LogP contribution is 2.17. The molecule has 0 unspecified atom stereocenters. The van der Waals surface area contributed by atoms with Crippen LogP contribution in [0.3, 0.4) is 0 Å². The van der Waals surface area contributed by atoms with E-state index in [-0.39, 0.29) is 0 Å². The van der Waals surface area contributed by atoms with Crippen molar-refractivity contribution in [2.75, 3.05) is 7.11 Å². The van der Waals surface area contributed by atoms with Crippen LogP contribution in [0.25, 0.3) is 11.4 Å². The molecule has 0 aliphatic heterocycles. The fraction of sp³-hybridized carbons (Fsp3) is 0.133. The Hall–Kier alpha value is -2.40. The number of ether oxygens (including phenoxy) is 1. The van der Waals surface area contributed by atoms with Crippen LogP contribution < -0.4 is 4.74 Å². The van der Waals surface area contributed by atoms with Gasteiger partial charge in [-0.3, -0.25) is 0 Å². The van der Waals surface area contributed by atoms with Crippen LogP contribution in [0.1, 0.15) is 5.56 Å². The monoisotopic (exact) mass is 300 g/mol. The zero-order valence-corrected chi connectivity index (χ0v) is 12.2. The van der Waals surface area contributed by atoms with Gasteiger partial charge in [0.2, 0.25) is 5.82 Å². The maximum atomic E-state index is 5.86. The zero-order chi connectivity index (χ0) is 14.7. The van der Waals surface area contributed by atoms with Crippen LogP contribution in [0.5, 0.6) is 5.75 Å². The van der Waals surface area contributed by atoms with E-state index in [9.17, 15) is 0 Å². The van der Waals surface area contributed by atoms with E-state index in [1.165, 1.54) is 0 Å². The molecule has 0 atom stereocenters. The smallest absolute Gasteiger partial charge is 0.204 e. The van der Waals surface area contributed by atoms with Crippen LogP contribution in [0.2, 0.25) is 5.02 Å². The van der Waals surface area contributed by atoms with Crippen LogP contribution in [0, 0.1) is 0 Å². The maximum Gasteiger partial charge on any atom is 0.204 e. The fourth-order valence-corrected chi connectivity index (χ4v) is 2.04. The Balaban J connectivity index is 1.76. The molecule has 0 N–H and O–H groups in total. The highest BCUT2D eigenvalue weighted by atomic mass is 35.5. The first-order valence-electron chi connectivity index (χ1n) is 6.41. The third-order valence-electron chi connectivity index (χ3n) is 3.04. The molecule has 5 nitrogen and oxygen atoms in total. The van der Waals surface area contributed by atoms with E-state index in [4.69, 9.17) is 16.3 Å². The van der Waals surface area contributed by atoms with E-state index >= 15 is 0 Å². The summed E-state index contributed by atoms with van der Waals surface area (Å²) in [4.78, 5) is 1.56. The first-order chi connectivity index (χ1) is 10.2. The number of hydrogen-bond donors (Lipinski definition) is 0. The first-order valence-corrected chi connectivity index (χ1v) is 6.79. The van der Waals surface area contributed by atoms with Crippen molar-refractivity contribution in [1.82, 2.24) is 20.2 Å². The Morgan fingerprint density at radius 1 is 1.05 bits per heavy atom. The fourth-order valence-electron chi connectivity index (χ4n) is 1.92. The summed E-state index contributed by atoms with van der Waals surface area (Å²) in [6, 6.07) is 15.1. The number of nitrogens with zero attached hydrogens (tertiary/aromatic N) is 4. The highest BCUT2D eigenvalue weighted by molar-refractivity contribution is 6.30. The van der Waals surface area contributed by atoms with Gasteiger partial charge in [0.05, 0.1) is 13.7 Å². The third-order valence-corrected chi connectivity index (χ3v) is 3.29. The van der Waals surface area contributed by atoms with Crippen LogP contribution in [-0.4, -0.2) is 27.3 Å². The molecule has 2 aromatic carbocycles. The van der Waals surface area contributed by atoms with Crippen molar-refractivity contribution < 1.29 is 4.74 Å². The molecule has 0 saturated heterocycles. The van der Waals surface area contributed by atoms with Gasteiger partial charge in [0, 0.05) is 10.6 Å². The minimum atomic E-state index is 0.560.